The van der Waals surface area contributed by atoms with Gasteiger partial charge in [-0.3, -0.25) is 0 Å². The second kappa shape index (κ2) is 8.14. The lowest BCUT2D eigenvalue weighted by Crippen LogP contribution is -2.24. The average Bonchev–Trinajstić information content (AvgIpc) is 2.63. The fourth-order valence-corrected chi connectivity index (χ4v) is 3.08. The van der Waals surface area contributed by atoms with Gasteiger partial charge in [0.2, 0.25) is 11.9 Å². The maximum atomic E-state index is 5.23. The summed E-state index contributed by atoms with van der Waals surface area (Å²) >= 11 is 0. The van der Waals surface area contributed by atoms with Gasteiger partial charge in [0.05, 0.1) is 7.11 Å². The van der Waals surface area contributed by atoms with Gasteiger partial charge in [-0.15, -0.1) is 0 Å². The van der Waals surface area contributed by atoms with Gasteiger partial charge in [0.15, 0.2) is 0 Å². The Kier molecular flexibility index (Phi) is 5.68. The maximum Gasteiger partial charge on any atom is 0.322 e. The van der Waals surface area contributed by atoms with E-state index in [1.54, 1.807) is 7.11 Å². The Balaban J connectivity index is 1.74. The zero-order valence-corrected chi connectivity index (χ0v) is 15.2. The van der Waals surface area contributed by atoms with E-state index in [4.69, 9.17) is 4.74 Å². The molecule has 0 radical (unpaired) electrons. The van der Waals surface area contributed by atoms with Gasteiger partial charge < -0.3 is 15.4 Å². The molecule has 1 fully saturated rings. The van der Waals surface area contributed by atoms with E-state index >= 15 is 0 Å². The molecular formula is C19H27N5O. The minimum absolute atomic E-state index is 0.314. The van der Waals surface area contributed by atoms with E-state index in [2.05, 4.69) is 51.6 Å². The highest BCUT2D eigenvalue weighted by Crippen LogP contribution is 2.23. The molecule has 1 aromatic heterocycles. The zero-order valence-electron chi connectivity index (χ0n) is 15.2. The number of nitrogens with one attached hydrogen (secondary N) is 2. The van der Waals surface area contributed by atoms with Gasteiger partial charge in [0.1, 0.15) is 0 Å². The third kappa shape index (κ3) is 4.81. The van der Waals surface area contributed by atoms with Gasteiger partial charge in [-0.05, 0) is 36.5 Å². The first kappa shape index (κ1) is 17.5. The smallest absolute Gasteiger partial charge is 0.322 e. The Morgan fingerprint density at radius 1 is 0.960 bits per heavy atom. The van der Waals surface area contributed by atoms with Crippen LogP contribution in [-0.4, -0.2) is 28.1 Å². The first-order valence-electron chi connectivity index (χ1n) is 9.07. The van der Waals surface area contributed by atoms with Crippen LogP contribution in [0.4, 0.5) is 17.6 Å². The third-order valence-electron chi connectivity index (χ3n) is 4.57. The van der Waals surface area contributed by atoms with Crippen LogP contribution in [0.3, 0.4) is 0 Å². The van der Waals surface area contributed by atoms with Crippen LogP contribution in [0.5, 0.6) is 6.01 Å². The number of ether oxygens (including phenoxy) is 1. The second-order valence-electron chi connectivity index (χ2n) is 6.85. The van der Waals surface area contributed by atoms with Crippen LogP contribution in [0.15, 0.2) is 24.3 Å². The van der Waals surface area contributed by atoms with Crippen molar-refractivity contribution in [3.8, 4) is 6.01 Å². The summed E-state index contributed by atoms with van der Waals surface area (Å²) in [6.07, 6.45) is 6.15. The van der Waals surface area contributed by atoms with Crippen LogP contribution >= 0.6 is 0 Å². The molecule has 0 amide bonds. The predicted molar refractivity (Wildman–Crippen MR) is 101 cm³/mol. The third-order valence-corrected chi connectivity index (χ3v) is 4.57. The molecule has 1 saturated carbocycles. The van der Waals surface area contributed by atoms with Crippen LogP contribution in [0.2, 0.25) is 0 Å². The topological polar surface area (TPSA) is 72.0 Å². The number of rotatable bonds is 6. The van der Waals surface area contributed by atoms with E-state index in [0.717, 1.165) is 18.5 Å². The molecule has 1 aliphatic carbocycles. The molecule has 0 aliphatic heterocycles. The van der Waals surface area contributed by atoms with Gasteiger partial charge >= 0.3 is 6.01 Å². The molecule has 0 spiro atoms. The van der Waals surface area contributed by atoms with Crippen molar-refractivity contribution in [2.45, 2.75) is 57.9 Å². The summed E-state index contributed by atoms with van der Waals surface area (Å²) in [5, 5.41) is 6.66. The standard InChI is InChI=1S/C19H27N5O/c1-13(2)14-9-11-16(12-10-14)21-18-22-17(23-19(24-18)25-3)20-15-7-5-4-6-8-15/h9-13,15H,4-8H2,1-3H3,(H2,20,21,22,23,24). The van der Waals surface area contributed by atoms with Gasteiger partial charge in [-0.1, -0.05) is 45.2 Å². The predicted octanol–water partition coefficient (Wildman–Crippen LogP) is 4.49. The van der Waals surface area contributed by atoms with Gasteiger partial charge in [0.25, 0.3) is 0 Å². The molecule has 2 aromatic rings. The van der Waals surface area contributed by atoms with Gasteiger partial charge in [-0.25, -0.2) is 0 Å². The lowest BCUT2D eigenvalue weighted by molar-refractivity contribution is 0.379. The molecule has 134 valence electrons. The van der Waals surface area contributed by atoms with Crippen molar-refractivity contribution in [1.82, 2.24) is 15.0 Å². The van der Waals surface area contributed by atoms with Crippen LogP contribution in [0.1, 0.15) is 57.4 Å². The Hall–Kier alpha value is -2.37. The molecule has 25 heavy (non-hydrogen) atoms. The molecular weight excluding hydrogens is 314 g/mol. The molecule has 6 heteroatoms. The van der Waals surface area contributed by atoms with Gasteiger partial charge in [0, 0.05) is 11.7 Å². The molecule has 2 N–H and O–H groups in total. The normalized spacial score (nSPS) is 15.2. The SMILES string of the molecule is COc1nc(Nc2ccc(C(C)C)cc2)nc(NC2CCCCC2)n1. The lowest BCUT2D eigenvalue weighted by Gasteiger charge is -2.22. The van der Waals surface area contributed by atoms with Crippen molar-refractivity contribution in [3.63, 3.8) is 0 Å². The second-order valence-corrected chi connectivity index (χ2v) is 6.85. The number of methoxy groups -OCH3 is 1. The quantitative estimate of drug-likeness (QED) is 0.806. The number of hydrogen-bond donors (Lipinski definition) is 2. The highest BCUT2D eigenvalue weighted by molar-refractivity contribution is 5.55. The van der Waals surface area contributed by atoms with E-state index in [9.17, 15) is 0 Å². The molecule has 0 atom stereocenters. The van der Waals surface area contributed by atoms with Crippen molar-refractivity contribution >= 4 is 17.6 Å². The van der Waals surface area contributed by atoms with Crippen LogP contribution < -0.4 is 15.4 Å². The molecule has 1 aromatic carbocycles. The number of hydrogen-bond acceptors (Lipinski definition) is 6. The highest BCUT2D eigenvalue weighted by atomic mass is 16.5. The molecule has 0 unspecified atom stereocenters. The molecule has 1 aliphatic rings. The van der Waals surface area contributed by atoms with Crippen molar-refractivity contribution in [3.05, 3.63) is 29.8 Å². The van der Waals surface area contributed by atoms with Crippen LogP contribution in [0.25, 0.3) is 0 Å². The average molecular weight is 341 g/mol. The largest absolute Gasteiger partial charge is 0.467 e. The molecule has 3 rings (SSSR count). The molecule has 6 nitrogen and oxygen atoms in total. The molecule has 1 heterocycles. The number of aromatic nitrogens is 3. The summed E-state index contributed by atoms with van der Waals surface area (Å²) in [7, 11) is 1.57. The minimum Gasteiger partial charge on any atom is -0.467 e. The summed E-state index contributed by atoms with van der Waals surface area (Å²) in [5.41, 5.74) is 2.25. The number of benzene rings is 1. The Labute approximate surface area is 149 Å². The molecule has 0 bridgehead atoms. The van der Waals surface area contributed by atoms with Gasteiger partial charge in [-0.2, -0.15) is 15.0 Å². The van der Waals surface area contributed by atoms with Crippen LogP contribution in [0, 0.1) is 0 Å². The first-order chi connectivity index (χ1) is 12.1. The summed E-state index contributed by atoms with van der Waals surface area (Å²) in [5.74, 6) is 1.57. The Morgan fingerprint density at radius 3 is 2.28 bits per heavy atom. The minimum atomic E-state index is 0.314. The number of nitrogens with zero attached hydrogens (tertiary/aromatic N) is 3. The number of anilines is 3. The zero-order chi connectivity index (χ0) is 17.6. The summed E-state index contributed by atoms with van der Waals surface area (Å²) in [6, 6.07) is 9.06. The Bertz CT molecular complexity index is 681. The van der Waals surface area contributed by atoms with Crippen LogP contribution in [-0.2, 0) is 0 Å². The summed E-state index contributed by atoms with van der Waals surface area (Å²) < 4.78 is 5.23. The van der Waals surface area contributed by atoms with E-state index in [-0.39, 0.29) is 0 Å². The fraction of sp³-hybridized carbons (Fsp3) is 0.526. The van der Waals surface area contributed by atoms with Crippen molar-refractivity contribution in [2.24, 2.45) is 0 Å². The van der Waals surface area contributed by atoms with Crippen molar-refractivity contribution < 1.29 is 4.74 Å². The Morgan fingerprint density at radius 2 is 1.64 bits per heavy atom. The monoisotopic (exact) mass is 341 g/mol. The summed E-state index contributed by atoms with van der Waals surface area (Å²) in [6.45, 7) is 4.37. The van der Waals surface area contributed by atoms with E-state index < -0.39 is 0 Å². The van der Waals surface area contributed by atoms with E-state index in [1.807, 2.05) is 12.1 Å². The van der Waals surface area contributed by atoms with Crippen molar-refractivity contribution in [1.29, 1.82) is 0 Å². The highest BCUT2D eigenvalue weighted by Gasteiger charge is 2.16. The van der Waals surface area contributed by atoms with Crippen molar-refractivity contribution in [2.75, 3.05) is 17.7 Å². The maximum absolute atomic E-state index is 5.23. The fourth-order valence-electron chi connectivity index (χ4n) is 3.08. The molecule has 0 saturated heterocycles. The first-order valence-corrected chi connectivity index (χ1v) is 9.07. The van der Waals surface area contributed by atoms with E-state index in [0.29, 0.717) is 29.9 Å². The lowest BCUT2D eigenvalue weighted by atomic mass is 9.96. The summed E-state index contributed by atoms with van der Waals surface area (Å²) in [4.78, 5) is 13.1. The van der Waals surface area contributed by atoms with E-state index in [1.165, 1.54) is 24.8 Å².